The lowest BCUT2D eigenvalue weighted by molar-refractivity contribution is -0.143. The van der Waals surface area contributed by atoms with Crippen molar-refractivity contribution in [3.8, 4) is 5.75 Å². The summed E-state index contributed by atoms with van der Waals surface area (Å²) in [6.45, 7) is 3.66. The normalized spacial score (nSPS) is 11.7. The summed E-state index contributed by atoms with van der Waals surface area (Å²) in [5.74, 6) is -0.634. The smallest absolute Gasteiger partial charge is 0.261 e. The molecule has 3 rings (SSSR count). The summed E-state index contributed by atoms with van der Waals surface area (Å²) < 4.78 is 18.8. The van der Waals surface area contributed by atoms with Gasteiger partial charge in [0.25, 0.3) is 5.91 Å². The number of rotatable bonds is 10. The average Bonchev–Trinajstić information content (AvgIpc) is 2.82. The summed E-state index contributed by atoms with van der Waals surface area (Å²) in [6, 6.07) is 21.3. The van der Waals surface area contributed by atoms with Crippen molar-refractivity contribution in [1.29, 1.82) is 0 Å². The lowest BCUT2D eigenvalue weighted by Crippen LogP contribution is -2.52. The van der Waals surface area contributed by atoms with Crippen molar-refractivity contribution >= 4 is 23.4 Å². The highest BCUT2D eigenvalue weighted by molar-refractivity contribution is 6.30. The number of benzene rings is 3. The van der Waals surface area contributed by atoms with Crippen LogP contribution in [0.5, 0.6) is 5.75 Å². The van der Waals surface area contributed by atoms with Crippen molar-refractivity contribution in [2.75, 3.05) is 6.61 Å². The molecule has 0 saturated heterocycles. The number of halogens is 2. The van der Waals surface area contributed by atoms with E-state index in [1.807, 2.05) is 56.3 Å². The second kappa shape index (κ2) is 12.2. The highest BCUT2D eigenvalue weighted by Gasteiger charge is 2.31. The molecule has 0 aliphatic carbocycles. The van der Waals surface area contributed by atoms with Gasteiger partial charge in [0.2, 0.25) is 5.91 Å². The number of ether oxygens (including phenoxy) is 1. The Morgan fingerprint density at radius 1 is 0.941 bits per heavy atom. The molecule has 0 heterocycles. The van der Waals surface area contributed by atoms with Gasteiger partial charge in [-0.3, -0.25) is 9.59 Å². The van der Waals surface area contributed by atoms with Crippen LogP contribution in [0.15, 0.2) is 78.9 Å². The predicted molar refractivity (Wildman–Crippen MR) is 131 cm³/mol. The molecule has 2 amide bonds. The molecule has 7 heteroatoms. The summed E-state index contributed by atoms with van der Waals surface area (Å²) in [6.07, 6.45) is 0.343. The molecule has 5 nitrogen and oxygen atoms in total. The molecule has 1 atom stereocenters. The second-order valence-corrected chi connectivity index (χ2v) is 8.70. The molecule has 34 heavy (non-hydrogen) atoms. The van der Waals surface area contributed by atoms with E-state index in [0.29, 0.717) is 17.2 Å². The van der Waals surface area contributed by atoms with Gasteiger partial charge in [0.1, 0.15) is 17.6 Å². The van der Waals surface area contributed by atoms with E-state index >= 15 is 0 Å². The van der Waals surface area contributed by atoms with E-state index in [1.54, 1.807) is 12.1 Å². The van der Waals surface area contributed by atoms with Gasteiger partial charge >= 0.3 is 0 Å². The number of amides is 2. The molecule has 3 aromatic carbocycles. The maximum atomic E-state index is 13.4. The topological polar surface area (TPSA) is 58.6 Å². The first kappa shape index (κ1) is 25.2. The molecule has 0 aliphatic heterocycles. The Hall–Kier alpha value is -3.38. The van der Waals surface area contributed by atoms with Crippen LogP contribution in [0.2, 0.25) is 5.02 Å². The maximum Gasteiger partial charge on any atom is 0.261 e. The summed E-state index contributed by atoms with van der Waals surface area (Å²) in [4.78, 5) is 28.2. The van der Waals surface area contributed by atoms with Crippen molar-refractivity contribution in [2.24, 2.45) is 0 Å². The third-order valence-corrected chi connectivity index (χ3v) is 5.40. The summed E-state index contributed by atoms with van der Waals surface area (Å²) in [5, 5.41) is 3.52. The fourth-order valence-electron chi connectivity index (χ4n) is 3.48. The van der Waals surface area contributed by atoms with Crippen LogP contribution in [0.25, 0.3) is 0 Å². The van der Waals surface area contributed by atoms with Gasteiger partial charge in [-0.2, -0.15) is 0 Å². The highest BCUT2D eigenvalue weighted by Crippen LogP contribution is 2.18. The lowest BCUT2D eigenvalue weighted by atomic mass is 10.0. The molecule has 0 bridgehead atoms. The molecule has 178 valence electrons. The van der Waals surface area contributed by atoms with Crippen LogP contribution in [0.3, 0.4) is 0 Å². The molecule has 0 aliphatic rings. The minimum Gasteiger partial charge on any atom is -0.484 e. The van der Waals surface area contributed by atoms with Crippen molar-refractivity contribution in [1.82, 2.24) is 10.2 Å². The molecule has 0 radical (unpaired) electrons. The number of hydrogen-bond acceptors (Lipinski definition) is 3. The van der Waals surface area contributed by atoms with E-state index < -0.39 is 11.9 Å². The first-order valence-corrected chi connectivity index (χ1v) is 11.5. The van der Waals surface area contributed by atoms with E-state index in [-0.39, 0.29) is 31.0 Å². The molecular formula is C27H28ClFN2O3. The molecule has 0 spiro atoms. The van der Waals surface area contributed by atoms with Crippen molar-refractivity contribution < 1.29 is 18.7 Å². The quantitative estimate of drug-likeness (QED) is 0.441. The van der Waals surface area contributed by atoms with Crippen LogP contribution < -0.4 is 10.1 Å². The van der Waals surface area contributed by atoms with Gasteiger partial charge in [0.15, 0.2) is 6.61 Å². The first-order valence-electron chi connectivity index (χ1n) is 11.1. The van der Waals surface area contributed by atoms with Crippen molar-refractivity contribution in [3.05, 3.63) is 101 Å². The molecule has 1 unspecified atom stereocenters. The Bertz CT molecular complexity index is 1070. The Morgan fingerprint density at radius 3 is 2.21 bits per heavy atom. The zero-order valence-corrected chi connectivity index (χ0v) is 20.0. The molecule has 0 aromatic heterocycles. The Labute approximate surface area is 204 Å². The highest BCUT2D eigenvalue weighted by atomic mass is 35.5. The van der Waals surface area contributed by atoms with E-state index in [1.165, 1.54) is 29.2 Å². The molecule has 0 fully saturated rings. The van der Waals surface area contributed by atoms with Crippen LogP contribution in [0.4, 0.5) is 4.39 Å². The summed E-state index contributed by atoms with van der Waals surface area (Å²) in [7, 11) is 0. The molecule has 0 saturated carbocycles. The van der Waals surface area contributed by atoms with E-state index in [4.69, 9.17) is 16.3 Å². The number of nitrogens with one attached hydrogen (secondary N) is 1. The second-order valence-electron chi connectivity index (χ2n) is 8.26. The Kier molecular flexibility index (Phi) is 9.05. The Morgan fingerprint density at radius 2 is 1.59 bits per heavy atom. The third-order valence-electron chi connectivity index (χ3n) is 5.14. The number of carbonyl (C=O) groups excluding carboxylic acids is 2. The van der Waals surface area contributed by atoms with Crippen LogP contribution >= 0.6 is 11.6 Å². The van der Waals surface area contributed by atoms with Gasteiger partial charge in [-0.25, -0.2) is 4.39 Å². The van der Waals surface area contributed by atoms with Gasteiger partial charge in [-0.1, -0.05) is 54.1 Å². The molecule has 1 N–H and O–H groups in total. The Balaban J connectivity index is 1.89. The average molecular weight is 483 g/mol. The summed E-state index contributed by atoms with van der Waals surface area (Å²) >= 11 is 6.03. The van der Waals surface area contributed by atoms with Crippen LogP contribution in [-0.2, 0) is 22.6 Å². The largest absolute Gasteiger partial charge is 0.484 e. The molecular weight excluding hydrogens is 455 g/mol. The van der Waals surface area contributed by atoms with Gasteiger partial charge in [-0.05, 0) is 61.4 Å². The van der Waals surface area contributed by atoms with Gasteiger partial charge in [0, 0.05) is 24.0 Å². The third kappa shape index (κ3) is 7.59. The SMILES string of the molecule is CC(C)NC(=O)C(Cc1ccccc1)N(Cc1ccc(Cl)cc1)C(=O)COc1ccc(F)cc1. The van der Waals surface area contributed by atoms with Crippen molar-refractivity contribution in [2.45, 2.75) is 38.9 Å². The standard InChI is InChI=1S/C27H28ClFN2O3/c1-19(2)30-27(33)25(16-20-6-4-3-5-7-20)31(17-21-8-10-22(28)11-9-21)26(32)18-34-24-14-12-23(29)13-15-24/h3-15,19,25H,16-18H2,1-2H3,(H,30,33). The predicted octanol–water partition coefficient (Wildman–Crippen LogP) is 5.02. The van der Waals surface area contributed by atoms with Crippen LogP contribution in [0, 0.1) is 5.82 Å². The van der Waals surface area contributed by atoms with E-state index in [9.17, 15) is 14.0 Å². The first-order chi connectivity index (χ1) is 16.3. The monoisotopic (exact) mass is 482 g/mol. The van der Waals surface area contributed by atoms with E-state index in [0.717, 1.165) is 11.1 Å². The lowest BCUT2D eigenvalue weighted by Gasteiger charge is -2.32. The van der Waals surface area contributed by atoms with Crippen molar-refractivity contribution in [3.63, 3.8) is 0 Å². The minimum atomic E-state index is -0.759. The minimum absolute atomic E-state index is 0.0891. The number of hydrogen-bond donors (Lipinski definition) is 1. The van der Waals surface area contributed by atoms with Crippen LogP contribution in [-0.4, -0.2) is 35.4 Å². The van der Waals surface area contributed by atoms with Gasteiger partial charge in [-0.15, -0.1) is 0 Å². The maximum absolute atomic E-state index is 13.4. The van der Waals surface area contributed by atoms with Crippen LogP contribution in [0.1, 0.15) is 25.0 Å². The number of nitrogens with zero attached hydrogens (tertiary/aromatic N) is 1. The van der Waals surface area contributed by atoms with E-state index in [2.05, 4.69) is 5.32 Å². The zero-order chi connectivity index (χ0) is 24.5. The number of carbonyl (C=O) groups is 2. The fraction of sp³-hybridized carbons (Fsp3) is 0.259. The summed E-state index contributed by atoms with van der Waals surface area (Å²) in [5.41, 5.74) is 1.76. The zero-order valence-electron chi connectivity index (χ0n) is 19.2. The molecule has 3 aromatic rings. The van der Waals surface area contributed by atoms with Gasteiger partial charge in [0.05, 0.1) is 0 Å². The van der Waals surface area contributed by atoms with Gasteiger partial charge < -0.3 is 15.0 Å². The fourth-order valence-corrected chi connectivity index (χ4v) is 3.61.